The van der Waals surface area contributed by atoms with Crippen molar-refractivity contribution < 1.29 is 22.0 Å². The van der Waals surface area contributed by atoms with Crippen molar-refractivity contribution in [3.8, 4) is 5.69 Å². The van der Waals surface area contributed by atoms with Crippen LogP contribution in [0, 0.1) is 6.92 Å². The number of hydrazine groups is 1. The minimum Gasteiger partial charge on any atom is -0.321 e. The minimum atomic E-state index is -4.69. The van der Waals surface area contributed by atoms with Crippen LogP contribution in [-0.2, 0) is 18.6 Å². The zero-order valence-corrected chi connectivity index (χ0v) is 14.2. The van der Waals surface area contributed by atoms with E-state index in [1.807, 2.05) is 0 Å². The molecule has 0 bridgehead atoms. The molecule has 10 heteroatoms. The van der Waals surface area contributed by atoms with E-state index >= 15 is 0 Å². The Balaban J connectivity index is 2.04. The molecular formula is C17H14F5N5. The van der Waals surface area contributed by atoms with Gasteiger partial charge in [-0.3, -0.25) is 4.57 Å². The number of imidazole rings is 1. The first-order valence-corrected chi connectivity index (χ1v) is 8.03. The molecule has 2 N–H and O–H groups in total. The molecule has 4 rings (SSSR count). The number of fused-ring (bicyclic) bond motifs is 2. The Morgan fingerprint density at radius 1 is 1.07 bits per heavy atom. The summed E-state index contributed by atoms with van der Waals surface area (Å²) in [7, 11) is 0. The molecule has 1 aliphatic rings. The molecule has 0 radical (unpaired) electrons. The minimum absolute atomic E-state index is 0.0334. The standard InChI is InChI=1S/C17H14F5N5/c1-8-5-10(6-9-7-23-26-13(8)9)27-14-11(24-15(27)16(2,18)19)3-4-12(25-14)17(20,21)22/h3-6,23,26H,7H2,1-2H3. The van der Waals surface area contributed by atoms with Crippen molar-refractivity contribution in [1.29, 1.82) is 0 Å². The van der Waals surface area contributed by atoms with Gasteiger partial charge in [0.15, 0.2) is 11.5 Å². The average molecular weight is 383 g/mol. The van der Waals surface area contributed by atoms with Crippen LogP contribution in [0.25, 0.3) is 16.9 Å². The molecule has 0 fully saturated rings. The van der Waals surface area contributed by atoms with Crippen LogP contribution in [0.3, 0.4) is 0 Å². The molecule has 0 amide bonds. The van der Waals surface area contributed by atoms with Crippen LogP contribution in [0.15, 0.2) is 24.3 Å². The lowest BCUT2D eigenvalue weighted by Gasteiger charge is -2.16. The predicted molar refractivity (Wildman–Crippen MR) is 88.6 cm³/mol. The van der Waals surface area contributed by atoms with E-state index < -0.39 is 23.6 Å². The number of aryl methyl sites for hydroxylation is 1. The maximum Gasteiger partial charge on any atom is 0.433 e. The molecule has 0 aliphatic carbocycles. The first-order valence-electron chi connectivity index (χ1n) is 8.03. The van der Waals surface area contributed by atoms with Gasteiger partial charge in [0.2, 0.25) is 0 Å². The third-order valence-electron chi connectivity index (χ3n) is 4.34. The molecular weight excluding hydrogens is 369 g/mol. The second-order valence-corrected chi connectivity index (χ2v) is 6.47. The molecule has 1 aliphatic heterocycles. The summed E-state index contributed by atoms with van der Waals surface area (Å²) in [4.78, 5) is 7.45. The van der Waals surface area contributed by atoms with E-state index in [-0.39, 0.29) is 16.9 Å². The van der Waals surface area contributed by atoms with Crippen LogP contribution in [-0.4, -0.2) is 14.5 Å². The van der Waals surface area contributed by atoms with Gasteiger partial charge in [0, 0.05) is 19.2 Å². The van der Waals surface area contributed by atoms with Crippen LogP contribution >= 0.6 is 0 Å². The molecule has 0 saturated heterocycles. The number of nitrogens with zero attached hydrogens (tertiary/aromatic N) is 3. The van der Waals surface area contributed by atoms with E-state index in [0.29, 0.717) is 13.5 Å². The van der Waals surface area contributed by atoms with Crippen molar-refractivity contribution in [3.63, 3.8) is 0 Å². The van der Waals surface area contributed by atoms with Crippen molar-refractivity contribution in [2.24, 2.45) is 0 Å². The molecule has 0 unspecified atom stereocenters. The number of hydrogen-bond acceptors (Lipinski definition) is 4. The number of aromatic nitrogens is 3. The lowest BCUT2D eigenvalue weighted by molar-refractivity contribution is -0.141. The fourth-order valence-corrected chi connectivity index (χ4v) is 3.17. The third kappa shape index (κ3) is 2.89. The van der Waals surface area contributed by atoms with E-state index in [1.54, 1.807) is 19.1 Å². The molecule has 1 aromatic carbocycles. The number of nitrogens with one attached hydrogen (secondary N) is 2. The molecule has 0 saturated carbocycles. The number of hydrogen-bond donors (Lipinski definition) is 2. The van der Waals surface area contributed by atoms with Crippen LogP contribution in [0.4, 0.5) is 27.6 Å². The Bertz CT molecular complexity index is 1050. The molecule has 27 heavy (non-hydrogen) atoms. The maximum absolute atomic E-state index is 14.2. The number of rotatable bonds is 2. The highest BCUT2D eigenvalue weighted by atomic mass is 19.4. The number of pyridine rings is 1. The lowest BCUT2D eigenvalue weighted by Crippen LogP contribution is -2.16. The molecule has 142 valence electrons. The average Bonchev–Trinajstić information content (AvgIpc) is 3.17. The summed E-state index contributed by atoms with van der Waals surface area (Å²) in [5, 5.41) is 0. The Labute approximate surface area is 150 Å². The van der Waals surface area contributed by atoms with Gasteiger partial charge in [-0.25, -0.2) is 15.4 Å². The van der Waals surface area contributed by atoms with E-state index in [2.05, 4.69) is 20.8 Å². The van der Waals surface area contributed by atoms with E-state index in [4.69, 9.17) is 0 Å². The Kier molecular flexibility index (Phi) is 3.68. The highest BCUT2D eigenvalue weighted by Crippen LogP contribution is 2.36. The zero-order chi connectivity index (χ0) is 19.6. The Hall–Kier alpha value is -2.75. The molecule has 3 aromatic rings. The molecule has 0 atom stereocenters. The van der Waals surface area contributed by atoms with Gasteiger partial charge in [0.1, 0.15) is 11.2 Å². The van der Waals surface area contributed by atoms with Crippen LogP contribution < -0.4 is 10.9 Å². The first kappa shape index (κ1) is 17.7. The quantitative estimate of drug-likeness (QED) is 0.649. The smallest absolute Gasteiger partial charge is 0.321 e. The summed E-state index contributed by atoms with van der Waals surface area (Å²) in [6.45, 7) is 2.88. The fraction of sp³-hybridized carbons (Fsp3) is 0.294. The molecule has 2 aromatic heterocycles. The number of benzene rings is 1. The van der Waals surface area contributed by atoms with Crippen molar-refractivity contribution in [3.05, 3.63) is 46.9 Å². The topological polar surface area (TPSA) is 54.8 Å². The van der Waals surface area contributed by atoms with Gasteiger partial charge < -0.3 is 5.43 Å². The predicted octanol–water partition coefficient (Wildman–Crippen LogP) is 4.29. The largest absolute Gasteiger partial charge is 0.433 e. The first-order chi connectivity index (χ1) is 12.6. The van der Waals surface area contributed by atoms with Crippen LogP contribution in [0.5, 0.6) is 0 Å². The van der Waals surface area contributed by atoms with Crippen LogP contribution in [0.2, 0.25) is 0 Å². The van der Waals surface area contributed by atoms with Crippen molar-refractivity contribution in [2.75, 3.05) is 5.43 Å². The Morgan fingerprint density at radius 2 is 1.81 bits per heavy atom. The van der Waals surface area contributed by atoms with Gasteiger partial charge in [-0.1, -0.05) is 0 Å². The summed E-state index contributed by atoms with van der Waals surface area (Å²) >= 11 is 0. The zero-order valence-electron chi connectivity index (χ0n) is 14.2. The van der Waals surface area contributed by atoms with Crippen molar-refractivity contribution in [1.82, 2.24) is 20.0 Å². The summed E-state index contributed by atoms with van der Waals surface area (Å²) in [6, 6.07) is 5.03. The highest BCUT2D eigenvalue weighted by molar-refractivity contribution is 5.76. The van der Waals surface area contributed by atoms with E-state index in [9.17, 15) is 22.0 Å². The van der Waals surface area contributed by atoms with Crippen molar-refractivity contribution >= 4 is 16.9 Å². The van der Waals surface area contributed by atoms with E-state index in [1.165, 1.54) is 0 Å². The Morgan fingerprint density at radius 3 is 2.48 bits per heavy atom. The second-order valence-electron chi connectivity index (χ2n) is 6.47. The molecule has 5 nitrogen and oxygen atoms in total. The summed E-state index contributed by atoms with van der Waals surface area (Å²) in [5.41, 5.74) is 7.09. The normalized spacial score (nSPS) is 14.5. The second kappa shape index (κ2) is 5.62. The number of halogens is 5. The SMILES string of the molecule is Cc1cc(-n2c(C(C)(F)F)nc3ccc(C(F)(F)F)nc32)cc2c1NNC2. The molecule has 3 heterocycles. The maximum atomic E-state index is 14.2. The number of alkyl halides is 5. The van der Waals surface area contributed by atoms with Gasteiger partial charge in [0.25, 0.3) is 0 Å². The molecule has 0 spiro atoms. The fourth-order valence-electron chi connectivity index (χ4n) is 3.17. The van der Waals surface area contributed by atoms with E-state index in [0.717, 1.165) is 33.5 Å². The van der Waals surface area contributed by atoms with Gasteiger partial charge in [-0.15, -0.1) is 0 Å². The lowest BCUT2D eigenvalue weighted by atomic mass is 10.1. The van der Waals surface area contributed by atoms with Crippen LogP contribution in [0.1, 0.15) is 29.6 Å². The summed E-state index contributed by atoms with van der Waals surface area (Å²) in [5.74, 6) is -4.04. The highest BCUT2D eigenvalue weighted by Gasteiger charge is 2.36. The van der Waals surface area contributed by atoms with Gasteiger partial charge in [0.05, 0.1) is 5.69 Å². The van der Waals surface area contributed by atoms with Gasteiger partial charge in [-0.2, -0.15) is 22.0 Å². The number of anilines is 1. The third-order valence-corrected chi connectivity index (χ3v) is 4.34. The van der Waals surface area contributed by atoms with Gasteiger partial charge in [-0.05, 0) is 42.3 Å². The summed E-state index contributed by atoms with van der Waals surface area (Å²) < 4.78 is 68.6. The van der Waals surface area contributed by atoms with Gasteiger partial charge >= 0.3 is 12.1 Å². The monoisotopic (exact) mass is 383 g/mol. The summed E-state index contributed by atoms with van der Waals surface area (Å²) in [6.07, 6.45) is -4.69. The van der Waals surface area contributed by atoms with Crippen molar-refractivity contribution in [2.45, 2.75) is 32.5 Å².